The van der Waals surface area contributed by atoms with Crippen LogP contribution in [-0.2, 0) is 0 Å². The van der Waals surface area contributed by atoms with Crippen molar-refractivity contribution in [1.29, 1.82) is 0 Å². The summed E-state index contributed by atoms with van der Waals surface area (Å²) < 4.78 is 0. The summed E-state index contributed by atoms with van der Waals surface area (Å²) in [6.07, 6.45) is 2.60. The lowest BCUT2D eigenvalue weighted by atomic mass is 9.99. The van der Waals surface area contributed by atoms with Crippen molar-refractivity contribution in [2.45, 2.75) is 46.6 Å². The van der Waals surface area contributed by atoms with Crippen LogP contribution >= 0.6 is 0 Å². The first-order chi connectivity index (χ1) is 12.4. The summed E-state index contributed by atoms with van der Waals surface area (Å²) in [5.74, 6) is 0.745. The van der Waals surface area contributed by atoms with Gasteiger partial charge in [0.1, 0.15) is 0 Å². The molecule has 0 unspecified atom stereocenters. The molecular formula is C23H30N2O. The van der Waals surface area contributed by atoms with Crippen molar-refractivity contribution in [3.63, 3.8) is 0 Å². The second kappa shape index (κ2) is 7.94. The van der Waals surface area contributed by atoms with Crippen LogP contribution < -0.4 is 10.2 Å². The van der Waals surface area contributed by atoms with E-state index in [1.165, 1.54) is 24.1 Å². The quantitative estimate of drug-likeness (QED) is 0.839. The Morgan fingerprint density at radius 2 is 1.85 bits per heavy atom. The number of aryl methyl sites for hydroxylation is 2. The van der Waals surface area contributed by atoms with Gasteiger partial charge in [0.15, 0.2) is 0 Å². The average molecular weight is 351 g/mol. The van der Waals surface area contributed by atoms with Crippen LogP contribution in [0.5, 0.6) is 0 Å². The van der Waals surface area contributed by atoms with Gasteiger partial charge in [-0.2, -0.15) is 0 Å². The molecule has 1 heterocycles. The van der Waals surface area contributed by atoms with E-state index in [2.05, 4.69) is 48.3 Å². The summed E-state index contributed by atoms with van der Waals surface area (Å²) in [5, 5.41) is 3.11. The van der Waals surface area contributed by atoms with Gasteiger partial charge in [0.05, 0.1) is 6.04 Å². The minimum Gasteiger partial charge on any atom is -0.371 e. The van der Waals surface area contributed by atoms with Crippen molar-refractivity contribution in [3.8, 4) is 0 Å². The van der Waals surface area contributed by atoms with E-state index in [0.29, 0.717) is 0 Å². The average Bonchev–Trinajstić information content (AvgIpc) is 2.64. The number of piperidine rings is 1. The zero-order chi connectivity index (χ0) is 18.7. The van der Waals surface area contributed by atoms with Gasteiger partial charge < -0.3 is 10.2 Å². The van der Waals surface area contributed by atoms with Gasteiger partial charge in [-0.25, -0.2) is 0 Å². The number of nitrogens with one attached hydrogen (secondary N) is 1. The molecule has 0 aliphatic carbocycles. The fourth-order valence-electron chi connectivity index (χ4n) is 3.64. The number of anilines is 1. The third kappa shape index (κ3) is 4.27. The number of hydrogen-bond acceptors (Lipinski definition) is 2. The molecule has 0 radical (unpaired) electrons. The Kier molecular flexibility index (Phi) is 5.65. The predicted octanol–water partition coefficient (Wildman–Crippen LogP) is 5.03. The first-order valence-electron chi connectivity index (χ1n) is 9.67. The van der Waals surface area contributed by atoms with Crippen LogP contribution in [0.1, 0.15) is 59.8 Å². The molecule has 3 nitrogen and oxygen atoms in total. The second-order valence-corrected chi connectivity index (χ2v) is 7.78. The van der Waals surface area contributed by atoms with Gasteiger partial charge in [0.25, 0.3) is 5.91 Å². The Bertz CT molecular complexity index is 766. The van der Waals surface area contributed by atoms with E-state index in [4.69, 9.17) is 0 Å². The molecule has 0 aromatic heterocycles. The van der Waals surface area contributed by atoms with Crippen LogP contribution in [0.15, 0.2) is 42.5 Å². The van der Waals surface area contributed by atoms with Crippen LogP contribution in [0.4, 0.5) is 5.69 Å². The van der Waals surface area contributed by atoms with Crippen LogP contribution in [0.25, 0.3) is 0 Å². The molecule has 1 N–H and O–H groups in total. The Balaban J connectivity index is 1.65. The molecule has 3 heteroatoms. The molecule has 1 aliphatic heterocycles. The molecule has 2 aromatic carbocycles. The molecule has 0 saturated carbocycles. The third-order valence-electron chi connectivity index (χ3n) is 5.53. The molecule has 1 fully saturated rings. The normalized spacial score (nSPS) is 18.5. The standard InChI is InChI=1S/C23H30N2O/c1-16-6-5-13-25(15-16)22-11-9-20(10-12-22)19(4)24-23(26)21-8-7-17(2)18(3)14-21/h7-12,14,16,19H,5-6,13,15H2,1-4H3,(H,24,26)/t16-,19-/m0/s1. The fraction of sp³-hybridized carbons (Fsp3) is 0.435. The van der Waals surface area contributed by atoms with Crippen molar-refractivity contribution >= 4 is 11.6 Å². The molecule has 138 valence electrons. The number of amides is 1. The molecular weight excluding hydrogens is 320 g/mol. The first kappa shape index (κ1) is 18.5. The van der Waals surface area contributed by atoms with E-state index in [-0.39, 0.29) is 11.9 Å². The van der Waals surface area contributed by atoms with Crippen LogP contribution in [0.3, 0.4) is 0 Å². The Morgan fingerprint density at radius 3 is 2.50 bits per heavy atom. The second-order valence-electron chi connectivity index (χ2n) is 7.78. The molecule has 1 amide bonds. The highest BCUT2D eigenvalue weighted by atomic mass is 16.1. The summed E-state index contributed by atoms with van der Waals surface area (Å²) in [6, 6.07) is 14.5. The van der Waals surface area contributed by atoms with Crippen molar-refractivity contribution in [2.75, 3.05) is 18.0 Å². The SMILES string of the molecule is Cc1ccc(C(=O)N[C@@H](C)c2ccc(N3CCC[C@H](C)C3)cc2)cc1C. The summed E-state index contributed by atoms with van der Waals surface area (Å²) >= 11 is 0. The van der Waals surface area contributed by atoms with Gasteiger partial charge in [0.2, 0.25) is 0 Å². The summed E-state index contributed by atoms with van der Waals surface area (Å²) in [7, 11) is 0. The van der Waals surface area contributed by atoms with Gasteiger partial charge in [-0.3, -0.25) is 4.79 Å². The Hall–Kier alpha value is -2.29. The molecule has 1 aliphatic rings. The third-order valence-corrected chi connectivity index (χ3v) is 5.53. The van der Waals surface area contributed by atoms with E-state index < -0.39 is 0 Å². The maximum Gasteiger partial charge on any atom is 0.251 e. The number of benzene rings is 2. The highest BCUT2D eigenvalue weighted by molar-refractivity contribution is 5.94. The maximum absolute atomic E-state index is 12.5. The van der Waals surface area contributed by atoms with E-state index in [0.717, 1.165) is 35.7 Å². The molecule has 2 atom stereocenters. The monoisotopic (exact) mass is 350 g/mol. The van der Waals surface area contributed by atoms with E-state index in [9.17, 15) is 4.79 Å². The molecule has 0 bridgehead atoms. The minimum absolute atomic E-state index is 0.0153. The predicted molar refractivity (Wildman–Crippen MR) is 109 cm³/mol. The van der Waals surface area contributed by atoms with Gasteiger partial charge in [-0.15, -0.1) is 0 Å². The molecule has 26 heavy (non-hydrogen) atoms. The number of carbonyl (C=O) groups is 1. The maximum atomic E-state index is 12.5. The van der Waals surface area contributed by atoms with Gasteiger partial charge in [-0.1, -0.05) is 25.1 Å². The Labute approximate surface area is 157 Å². The largest absolute Gasteiger partial charge is 0.371 e. The minimum atomic E-state index is -0.0190. The molecule has 3 rings (SSSR count). The van der Waals surface area contributed by atoms with Crippen LogP contribution in [0, 0.1) is 19.8 Å². The lowest BCUT2D eigenvalue weighted by Crippen LogP contribution is -2.34. The summed E-state index contributed by atoms with van der Waals surface area (Å²) in [5.41, 5.74) is 5.49. The van der Waals surface area contributed by atoms with Crippen molar-refractivity contribution in [1.82, 2.24) is 5.32 Å². The first-order valence-corrected chi connectivity index (χ1v) is 9.67. The smallest absolute Gasteiger partial charge is 0.251 e. The zero-order valence-corrected chi connectivity index (χ0v) is 16.4. The van der Waals surface area contributed by atoms with Crippen molar-refractivity contribution in [3.05, 3.63) is 64.7 Å². The molecule has 1 saturated heterocycles. The molecule has 0 spiro atoms. The van der Waals surface area contributed by atoms with Crippen LogP contribution in [-0.4, -0.2) is 19.0 Å². The van der Waals surface area contributed by atoms with Crippen molar-refractivity contribution < 1.29 is 4.79 Å². The fourth-order valence-corrected chi connectivity index (χ4v) is 3.64. The van der Waals surface area contributed by atoms with Crippen molar-refractivity contribution in [2.24, 2.45) is 5.92 Å². The van der Waals surface area contributed by atoms with Gasteiger partial charge in [-0.05, 0) is 80.5 Å². The molecule has 2 aromatic rings. The highest BCUT2D eigenvalue weighted by Crippen LogP contribution is 2.24. The van der Waals surface area contributed by atoms with E-state index in [1.807, 2.05) is 32.0 Å². The topological polar surface area (TPSA) is 32.3 Å². The summed E-state index contributed by atoms with van der Waals surface area (Å²) in [6.45, 7) is 10.7. The Morgan fingerprint density at radius 1 is 1.12 bits per heavy atom. The van der Waals surface area contributed by atoms with E-state index >= 15 is 0 Å². The summed E-state index contributed by atoms with van der Waals surface area (Å²) in [4.78, 5) is 15.0. The number of hydrogen-bond donors (Lipinski definition) is 1. The highest BCUT2D eigenvalue weighted by Gasteiger charge is 2.17. The number of nitrogens with zero attached hydrogens (tertiary/aromatic N) is 1. The number of carbonyl (C=O) groups excluding carboxylic acids is 1. The zero-order valence-electron chi connectivity index (χ0n) is 16.4. The van der Waals surface area contributed by atoms with Gasteiger partial charge in [0, 0.05) is 24.3 Å². The number of rotatable bonds is 4. The lowest BCUT2D eigenvalue weighted by molar-refractivity contribution is 0.0940. The van der Waals surface area contributed by atoms with Crippen LogP contribution in [0.2, 0.25) is 0 Å². The van der Waals surface area contributed by atoms with Gasteiger partial charge >= 0.3 is 0 Å². The van der Waals surface area contributed by atoms with E-state index in [1.54, 1.807) is 0 Å². The lowest BCUT2D eigenvalue weighted by Gasteiger charge is -2.33.